The van der Waals surface area contributed by atoms with Gasteiger partial charge in [0.25, 0.3) is 0 Å². The van der Waals surface area contributed by atoms with Crippen LogP contribution in [0.2, 0.25) is 0 Å². The number of carbonyl (C=O) groups is 7. The van der Waals surface area contributed by atoms with Crippen LogP contribution >= 0.6 is 0 Å². The fourth-order valence-corrected chi connectivity index (χ4v) is 7.65. The van der Waals surface area contributed by atoms with E-state index in [1.54, 1.807) is 101 Å². The van der Waals surface area contributed by atoms with Gasteiger partial charge in [0.2, 0.25) is 0 Å². The Labute approximate surface area is 409 Å². The van der Waals surface area contributed by atoms with E-state index in [1.165, 1.54) is 31.1 Å². The van der Waals surface area contributed by atoms with Crippen LogP contribution in [-0.4, -0.2) is 163 Å². The molecule has 65 heavy (non-hydrogen) atoms. The van der Waals surface area contributed by atoms with E-state index in [1.807, 2.05) is 0 Å². The maximum absolute atomic E-state index is 12.3. The molecule has 3 aliphatic rings. The Balaban J connectivity index is 0. The number of methoxy groups -OCH3 is 3. The van der Waals surface area contributed by atoms with Crippen molar-refractivity contribution in [2.24, 2.45) is 16.2 Å². The molecule has 0 saturated carbocycles. The van der Waals surface area contributed by atoms with Gasteiger partial charge in [0.05, 0.1) is 58.6 Å². The minimum absolute atomic E-state index is 0. The quantitative estimate of drug-likeness (QED) is 0.142. The number of allylic oxidation sites excluding steroid dienone is 3. The summed E-state index contributed by atoms with van der Waals surface area (Å²) >= 11 is 0. The molecule has 8 atom stereocenters. The summed E-state index contributed by atoms with van der Waals surface area (Å²) in [6.45, 7) is 31.6. The number of nitrogens with zero attached hydrogens (tertiary/aromatic N) is 3. The van der Waals surface area contributed by atoms with Crippen molar-refractivity contribution in [1.29, 1.82) is 0 Å². The van der Waals surface area contributed by atoms with Gasteiger partial charge in [-0.05, 0) is 88.5 Å². The number of esters is 3. The number of ether oxygens (including phenoxy) is 6. The molecule has 2 N–H and O–H groups in total. The fraction of sp³-hybridized carbons (Fsp3) is 0.711. The van der Waals surface area contributed by atoms with Crippen molar-refractivity contribution in [3.8, 4) is 0 Å². The molecular formula is C45H77BN3NaO15. The van der Waals surface area contributed by atoms with Gasteiger partial charge < -0.3 is 38.6 Å². The average Bonchev–Trinajstić information content (AvgIpc) is 3.68. The Hall–Kier alpha value is -3.91. The number of β-amino-alcohol motifs (C(OH)–C–C–N with tert-alkyl or cyclic N) is 2. The summed E-state index contributed by atoms with van der Waals surface area (Å²) < 4.78 is 30.2. The van der Waals surface area contributed by atoms with Crippen LogP contribution in [0.25, 0.3) is 0 Å². The molecule has 0 bridgehead atoms. The molecule has 0 spiro atoms. The summed E-state index contributed by atoms with van der Waals surface area (Å²) in [5, 5.41) is 20.6. The van der Waals surface area contributed by atoms with Crippen molar-refractivity contribution in [3.05, 3.63) is 38.0 Å². The molecule has 3 amide bonds. The number of amides is 3. The summed E-state index contributed by atoms with van der Waals surface area (Å²) in [5.74, 6) is -1.97. The van der Waals surface area contributed by atoms with Gasteiger partial charge in [-0.2, -0.15) is 0 Å². The minimum atomic E-state index is -1.04. The van der Waals surface area contributed by atoms with Crippen molar-refractivity contribution in [3.63, 3.8) is 0 Å². The van der Waals surface area contributed by atoms with E-state index in [2.05, 4.69) is 19.7 Å². The summed E-state index contributed by atoms with van der Waals surface area (Å²) in [4.78, 5) is 89.0. The van der Waals surface area contributed by atoms with E-state index in [4.69, 9.17) is 28.4 Å². The molecule has 0 aromatic carbocycles. The third-order valence-electron chi connectivity index (χ3n) is 10.9. The molecule has 3 saturated heterocycles. The van der Waals surface area contributed by atoms with Crippen LogP contribution in [0.3, 0.4) is 0 Å². The third kappa shape index (κ3) is 15.9. The van der Waals surface area contributed by atoms with Crippen molar-refractivity contribution in [2.45, 2.75) is 149 Å². The predicted octanol–water partition coefficient (Wildman–Crippen LogP) is 0.927. The number of carbonyl (C=O) groups excluding carboxylic acids is 7. The normalized spacial score (nSPS) is 27.1. The zero-order valence-corrected chi connectivity index (χ0v) is 43.0. The second-order valence-electron chi connectivity index (χ2n) is 19.5. The van der Waals surface area contributed by atoms with Gasteiger partial charge in [0, 0.05) is 10.8 Å². The predicted molar refractivity (Wildman–Crippen MR) is 243 cm³/mol. The first kappa shape index (κ1) is 63.2. The Morgan fingerprint density at radius 2 is 0.862 bits per heavy atom. The Morgan fingerprint density at radius 3 is 1.12 bits per heavy atom. The smallest absolute Gasteiger partial charge is 0.467 e. The zero-order valence-electron chi connectivity index (χ0n) is 41.0. The Bertz CT molecular complexity index is 1650. The van der Waals surface area contributed by atoms with Gasteiger partial charge in [-0.3, -0.25) is 19.5 Å². The molecule has 366 valence electrons. The molecule has 3 heterocycles. The molecule has 3 rings (SSSR count). The maximum atomic E-state index is 12.3. The number of hydrogen-bond acceptors (Lipinski definition) is 15. The summed E-state index contributed by atoms with van der Waals surface area (Å²) in [5.41, 5.74) is -4.79. The minimum Gasteiger partial charge on any atom is -0.467 e. The number of likely N-dealkylation sites (tertiary alicyclic amines) is 3. The summed E-state index contributed by atoms with van der Waals surface area (Å²) in [6.07, 6.45) is 2.18. The average molecular weight is 934 g/mol. The van der Waals surface area contributed by atoms with Gasteiger partial charge in [0.15, 0.2) is 5.78 Å². The molecule has 0 aromatic heterocycles. The van der Waals surface area contributed by atoms with Crippen LogP contribution in [-0.2, 0) is 47.6 Å². The van der Waals surface area contributed by atoms with E-state index < -0.39 is 99.6 Å². The second-order valence-corrected chi connectivity index (χ2v) is 19.5. The first-order valence-corrected chi connectivity index (χ1v) is 20.6. The van der Waals surface area contributed by atoms with E-state index in [-0.39, 0.29) is 69.8 Å². The first-order chi connectivity index (χ1) is 28.7. The molecule has 0 aromatic rings. The summed E-state index contributed by atoms with van der Waals surface area (Å²) in [7, 11) is 3.75. The van der Waals surface area contributed by atoms with E-state index in [0.717, 1.165) is 4.90 Å². The largest absolute Gasteiger partial charge is 1.00 e. The zero-order chi connectivity index (χ0) is 49.3. The molecule has 3 fully saturated rings. The molecule has 18 nitrogen and oxygen atoms in total. The number of Topliss-reactive ketones (excluding diaryl/α,β-unsaturated/α-hetero) is 1. The topological polar surface area (TPSA) is 225 Å². The number of hydrogen-bond donors (Lipinski definition) is 2. The van der Waals surface area contributed by atoms with Crippen molar-refractivity contribution < 1.29 is 102 Å². The maximum Gasteiger partial charge on any atom is 1.00 e. The van der Waals surface area contributed by atoms with E-state index in [9.17, 15) is 43.8 Å². The number of aliphatic hydroxyl groups excluding tert-OH is 2. The number of aliphatic hydroxyl groups is 2. The molecule has 0 radical (unpaired) electrons. The van der Waals surface area contributed by atoms with Gasteiger partial charge in [-0.25, -0.2) is 28.8 Å². The number of ketones is 1. The SMILES string of the molecule is C=CCC1(C)C(=O)CN(C(=O)OC(C)(C)C)[C@@H]1C(=O)OC.C=CCC1(C)C(O)CN(C(=O)OC(C)(C)C)[C@@H]1C(=O)OC.C=CC[C@]1(C)[C@H](O)CN(C(=O)OC(C)(C)C)[C@@H]1C(=O)OC.[BH4-].[Na+]. The van der Waals surface area contributed by atoms with Crippen LogP contribution in [0.15, 0.2) is 38.0 Å². The van der Waals surface area contributed by atoms with Crippen molar-refractivity contribution in [2.75, 3.05) is 41.0 Å². The van der Waals surface area contributed by atoms with E-state index >= 15 is 0 Å². The van der Waals surface area contributed by atoms with Gasteiger partial charge in [0.1, 0.15) is 34.9 Å². The van der Waals surface area contributed by atoms with E-state index in [0.29, 0.717) is 12.8 Å². The van der Waals surface area contributed by atoms with Crippen LogP contribution in [0.1, 0.15) is 102 Å². The first-order valence-electron chi connectivity index (χ1n) is 20.6. The molecule has 0 aliphatic carbocycles. The van der Waals surface area contributed by atoms with Crippen molar-refractivity contribution >= 4 is 50.4 Å². The standard InChI is InChI=1S/2C15H25NO5.C15H23NO5.BH4.Na/c3*1-7-8-15(5)10(17)9-16(11(15)12(18)20-6)13(19)21-14(2,3)4;;/h2*7,10-11,17H,1,8-9H2,2-6H3;7,11H,1,8-9H2,2-6H3;1H4;/q;;;-1;+1/t10?,11-,15?;10-,11-,15-;11-,15?;;/m111../s1. The monoisotopic (exact) mass is 934 g/mol. The summed E-state index contributed by atoms with van der Waals surface area (Å²) in [6, 6.07) is -2.79. The molecule has 3 aliphatic heterocycles. The second kappa shape index (κ2) is 24.7. The Morgan fingerprint density at radius 1 is 0.585 bits per heavy atom. The van der Waals surface area contributed by atoms with Crippen LogP contribution in [0.4, 0.5) is 14.4 Å². The van der Waals surface area contributed by atoms with Gasteiger partial charge in [-0.1, -0.05) is 40.5 Å². The third-order valence-corrected chi connectivity index (χ3v) is 10.9. The van der Waals surface area contributed by atoms with Crippen LogP contribution in [0.5, 0.6) is 0 Å². The van der Waals surface area contributed by atoms with Crippen LogP contribution < -0.4 is 29.6 Å². The Kier molecular flexibility index (Phi) is 24.1. The van der Waals surface area contributed by atoms with Crippen molar-refractivity contribution in [1.82, 2.24) is 14.7 Å². The van der Waals surface area contributed by atoms with Gasteiger partial charge in [-0.15, -0.1) is 19.7 Å². The fourth-order valence-electron chi connectivity index (χ4n) is 7.65. The molecular weight excluding hydrogens is 856 g/mol. The molecule has 3 unspecified atom stereocenters. The molecule has 20 heteroatoms. The van der Waals surface area contributed by atoms with Crippen LogP contribution in [0, 0.1) is 16.2 Å². The number of rotatable bonds is 9. The van der Waals surface area contributed by atoms with Gasteiger partial charge >= 0.3 is 65.7 Å².